The molecule has 0 N–H and O–H groups in total. The normalized spacial score (nSPS) is 28.6. The molecule has 2 atom stereocenters. The van der Waals surface area contributed by atoms with Gasteiger partial charge >= 0.3 is 7.60 Å². The Morgan fingerprint density at radius 1 is 1.50 bits per heavy atom. The zero-order valence-electron chi connectivity index (χ0n) is 10.2. The van der Waals surface area contributed by atoms with Crippen LogP contribution >= 0.6 is 35.1 Å². The van der Waals surface area contributed by atoms with Gasteiger partial charge in [-0.3, -0.25) is 4.57 Å². The molecule has 1 aliphatic heterocycles. The number of hydrogen-bond acceptors (Lipinski definition) is 3. The van der Waals surface area contributed by atoms with Gasteiger partial charge in [-0.15, -0.1) is 0 Å². The standard InChI is InChI=1S/C12H15BrClO3P/c1-8(2)18(15)16-6-5-12(17-18)10-7-9(14)3-4-11(10)13/h3-4,7-8,12H,5-6H2,1-2H3. The third kappa shape index (κ3) is 3.00. The van der Waals surface area contributed by atoms with Crippen LogP contribution in [0.5, 0.6) is 0 Å². The van der Waals surface area contributed by atoms with Gasteiger partial charge in [0.25, 0.3) is 0 Å². The van der Waals surface area contributed by atoms with Gasteiger partial charge in [0.1, 0.15) is 0 Å². The molecule has 0 spiro atoms. The highest BCUT2D eigenvalue weighted by atomic mass is 79.9. The fourth-order valence-corrected chi connectivity index (χ4v) is 4.01. The summed E-state index contributed by atoms with van der Waals surface area (Å²) in [6, 6.07) is 5.51. The quantitative estimate of drug-likeness (QED) is 0.687. The first-order valence-electron chi connectivity index (χ1n) is 5.80. The molecular weight excluding hydrogens is 338 g/mol. The second-order valence-corrected chi connectivity index (χ2v) is 8.39. The van der Waals surface area contributed by atoms with Crippen molar-refractivity contribution in [1.29, 1.82) is 0 Å². The van der Waals surface area contributed by atoms with Crippen molar-refractivity contribution in [1.82, 2.24) is 0 Å². The van der Waals surface area contributed by atoms with Crippen LogP contribution in [0.3, 0.4) is 0 Å². The number of halogens is 2. The highest BCUT2D eigenvalue weighted by Gasteiger charge is 2.37. The van der Waals surface area contributed by atoms with Crippen LogP contribution in [0.2, 0.25) is 5.02 Å². The maximum atomic E-state index is 12.4. The Labute approximate surface area is 120 Å². The van der Waals surface area contributed by atoms with Crippen LogP contribution in [0.15, 0.2) is 22.7 Å². The molecule has 1 fully saturated rings. The summed E-state index contributed by atoms with van der Waals surface area (Å²) >= 11 is 9.46. The van der Waals surface area contributed by atoms with Gasteiger partial charge in [0.2, 0.25) is 0 Å². The lowest BCUT2D eigenvalue weighted by Crippen LogP contribution is -2.18. The van der Waals surface area contributed by atoms with Crippen molar-refractivity contribution in [3.05, 3.63) is 33.3 Å². The first kappa shape index (κ1) is 14.5. The van der Waals surface area contributed by atoms with Gasteiger partial charge in [0.05, 0.1) is 18.4 Å². The van der Waals surface area contributed by atoms with Gasteiger partial charge < -0.3 is 9.05 Å². The monoisotopic (exact) mass is 352 g/mol. The van der Waals surface area contributed by atoms with Crippen LogP contribution in [0, 0.1) is 0 Å². The Bertz CT molecular complexity index is 492. The van der Waals surface area contributed by atoms with E-state index in [9.17, 15) is 4.57 Å². The Morgan fingerprint density at radius 3 is 2.89 bits per heavy atom. The minimum Gasteiger partial charge on any atom is -0.308 e. The zero-order chi connectivity index (χ0) is 13.3. The third-order valence-corrected chi connectivity index (χ3v) is 6.18. The molecule has 2 unspecified atom stereocenters. The molecule has 1 heterocycles. The fraction of sp³-hybridized carbons (Fsp3) is 0.500. The maximum Gasteiger partial charge on any atom is 0.333 e. The predicted molar refractivity (Wildman–Crippen MR) is 76.3 cm³/mol. The molecule has 3 nitrogen and oxygen atoms in total. The molecule has 0 amide bonds. The van der Waals surface area contributed by atoms with Crippen molar-refractivity contribution in [3.8, 4) is 0 Å². The van der Waals surface area contributed by atoms with E-state index in [1.165, 1.54) is 0 Å². The molecule has 1 aliphatic rings. The van der Waals surface area contributed by atoms with Crippen molar-refractivity contribution in [2.45, 2.75) is 32.0 Å². The smallest absolute Gasteiger partial charge is 0.308 e. The highest BCUT2D eigenvalue weighted by molar-refractivity contribution is 9.10. The van der Waals surface area contributed by atoms with Crippen LogP contribution in [0.25, 0.3) is 0 Å². The minimum absolute atomic E-state index is 0.141. The second-order valence-electron chi connectivity index (χ2n) is 4.52. The van der Waals surface area contributed by atoms with Crippen LogP contribution < -0.4 is 0 Å². The highest BCUT2D eigenvalue weighted by Crippen LogP contribution is 2.59. The van der Waals surface area contributed by atoms with Crippen molar-refractivity contribution in [2.24, 2.45) is 0 Å². The van der Waals surface area contributed by atoms with E-state index >= 15 is 0 Å². The van der Waals surface area contributed by atoms with Crippen molar-refractivity contribution in [2.75, 3.05) is 6.61 Å². The molecule has 0 aromatic heterocycles. The van der Waals surface area contributed by atoms with Gasteiger partial charge in [-0.25, -0.2) is 0 Å². The van der Waals surface area contributed by atoms with E-state index in [1.54, 1.807) is 6.07 Å². The van der Waals surface area contributed by atoms with Crippen molar-refractivity contribution < 1.29 is 13.6 Å². The largest absolute Gasteiger partial charge is 0.333 e. The average molecular weight is 354 g/mol. The Hall–Kier alpha value is 0.140. The Morgan fingerprint density at radius 2 is 2.22 bits per heavy atom. The van der Waals surface area contributed by atoms with Crippen LogP contribution in [-0.4, -0.2) is 12.3 Å². The minimum atomic E-state index is -3.01. The molecule has 0 bridgehead atoms. The van der Waals surface area contributed by atoms with Crippen molar-refractivity contribution >= 4 is 35.1 Å². The molecule has 1 aromatic rings. The summed E-state index contributed by atoms with van der Waals surface area (Å²) in [5, 5.41) is 0.641. The molecule has 0 aliphatic carbocycles. The fourth-order valence-electron chi connectivity index (χ4n) is 1.79. The molecule has 1 aromatic carbocycles. The SMILES string of the molecule is CC(C)P1(=O)OCCC(c2cc(Cl)ccc2Br)O1. The third-order valence-electron chi connectivity index (χ3n) is 2.86. The zero-order valence-corrected chi connectivity index (χ0v) is 13.5. The van der Waals surface area contributed by atoms with Gasteiger partial charge in [0, 0.05) is 15.9 Å². The van der Waals surface area contributed by atoms with Gasteiger partial charge in [-0.05, 0) is 23.8 Å². The lowest BCUT2D eigenvalue weighted by atomic mass is 10.1. The van der Waals surface area contributed by atoms with E-state index in [0.717, 1.165) is 10.0 Å². The van der Waals surface area contributed by atoms with E-state index in [2.05, 4.69) is 15.9 Å². The van der Waals surface area contributed by atoms with Crippen LogP contribution in [0.4, 0.5) is 0 Å². The molecule has 6 heteroatoms. The first-order valence-corrected chi connectivity index (χ1v) is 8.58. The molecule has 2 rings (SSSR count). The first-order chi connectivity index (χ1) is 8.42. The summed E-state index contributed by atoms with van der Waals surface area (Å²) < 4.78 is 24.4. The van der Waals surface area contributed by atoms with E-state index in [1.807, 2.05) is 26.0 Å². The summed E-state index contributed by atoms with van der Waals surface area (Å²) in [7, 11) is -3.01. The Balaban J connectivity index is 2.29. The molecule has 0 radical (unpaired) electrons. The van der Waals surface area contributed by atoms with Gasteiger partial charge in [-0.2, -0.15) is 0 Å². The second kappa shape index (κ2) is 5.64. The van der Waals surface area contributed by atoms with E-state index in [4.69, 9.17) is 20.6 Å². The summed E-state index contributed by atoms with van der Waals surface area (Å²) in [6.07, 6.45) is 0.440. The average Bonchev–Trinajstić information content (AvgIpc) is 2.32. The number of hydrogen-bond donors (Lipinski definition) is 0. The summed E-state index contributed by atoms with van der Waals surface area (Å²) in [4.78, 5) is 0. The summed E-state index contributed by atoms with van der Waals surface area (Å²) in [5.74, 6) is 0. The Kier molecular flexibility index (Phi) is 4.56. The van der Waals surface area contributed by atoms with Gasteiger partial charge in [0.15, 0.2) is 0 Å². The molecule has 1 saturated heterocycles. The lowest BCUT2D eigenvalue weighted by molar-refractivity contribution is 0.0777. The predicted octanol–water partition coefficient (Wildman–Crippen LogP) is 5.18. The van der Waals surface area contributed by atoms with E-state index in [0.29, 0.717) is 18.1 Å². The summed E-state index contributed by atoms with van der Waals surface area (Å²) in [5.41, 5.74) is 0.782. The number of rotatable bonds is 2. The molecule has 100 valence electrons. The van der Waals surface area contributed by atoms with Crippen molar-refractivity contribution in [3.63, 3.8) is 0 Å². The maximum absolute atomic E-state index is 12.4. The molecular formula is C12H15BrClO3P. The van der Waals surface area contributed by atoms with E-state index in [-0.39, 0.29) is 11.8 Å². The molecule has 18 heavy (non-hydrogen) atoms. The van der Waals surface area contributed by atoms with E-state index < -0.39 is 7.60 Å². The molecule has 0 saturated carbocycles. The van der Waals surface area contributed by atoms with Gasteiger partial charge in [-0.1, -0.05) is 41.4 Å². The lowest BCUT2D eigenvalue weighted by Gasteiger charge is -2.32. The topological polar surface area (TPSA) is 35.5 Å². The summed E-state index contributed by atoms with van der Waals surface area (Å²) in [6.45, 7) is 4.13. The van der Waals surface area contributed by atoms with Crippen LogP contribution in [-0.2, 0) is 13.6 Å². The number of benzene rings is 1. The van der Waals surface area contributed by atoms with Crippen LogP contribution in [0.1, 0.15) is 31.9 Å².